The van der Waals surface area contributed by atoms with E-state index >= 15 is 0 Å². The average molecular weight is 147 g/mol. The quantitative estimate of drug-likeness (QED) is 0.299. The van der Waals surface area contributed by atoms with E-state index in [1.807, 2.05) is 0 Å². The molecule has 0 saturated carbocycles. The Labute approximate surface area is 46.5 Å². The minimum absolute atomic E-state index is 0.500. The van der Waals surface area contributed by atoms with Crippen LogP contribution in [0, 0.1) is 0 Å². The van der Waals surface area contributed by atoms with E-state index in [0.717, 1.165) is 0 Å². The van der Waals surface area contributed by atoms with Gasteiger partial charge in [-0.2, -0.15) is 12.6 Å². The molecule has 5 heavy (non-hydrogen) atoms. The normalized spacial score (nSPS) is 8.20. The minimum atomic E-state index is -0.500. The van der Waals surface area contributed by atoms with Crippen LogP contribution in [0.4, 0.5) is 0 Å². The van der Waals surface area contributed by atoms with Gasteiger partial charge < -0.3 is 10.0 Å². The number of rotatable bonds is 0. The second-order valence-electron chi connectivity index (χ2n) is 0.102. The Kier molecular flexibility index (Phi) is 23.3. The van der Waals surface area contributed by atoms with E-state index in [-0.39, 0.29) is 0 Å². The average Bonchev–Trinajstić information content (AvgIpc) is 1.41. The molecule has 0 spiro atoms. The summed E-state index contributed by atoms with van der Waals surface area (Å²) >= 11 is 3.53. The number of hydrogen-bond donors (Lipinski definition) is 1. The predicted octanol–water partition coefficient (Wildman–Crippen LogP) is 1.46. The molecule has 0 aromatic carbocycles. The summed E-state index contributed by atoms with van der Waals surface area (Å²) in [6.45, 7) is 0. The number of thiol groups is 2. The molecule has 0 bridgehead atoms. The first-order chi connectivity index (χ1) is 2.73. The van der Waals surface area contributed by atoms with Crippen LogP contribution in [0.15, 0.2) is 0 Å². The van der Waals surface area contributed by atoms with Gasteiger partial charge in [0.15, 0.2) is 0 Å². The molecule has 0 unspecified atom stereocenters. The third-order valence-electron chi connectivity index (χ3n) is 0. The Balaban J connectivity index is 0. The Morgan fingerprint density at radius 3 is 1.80 bits per heavy atom. The first kappa shape index (κ1) is 6.30. The topological polar surface area (TPSA) is 0 Å². The Hall–Kier alpha value is 1.30. The molecular formula is CH7P2S2-. The maximum atomic E-state index is 6.44. The van der Waals surface area contributed by atoms with Gasteiger partial charge in [0.25, 0.3) is 0 Å². The van der Waals surface area contributed by atoms with Gasteiger partial charge in [0.05, 0.1) is 0 Å². The second kappa shape index (κ2) is 18.5. The highest BCUT2D eigenvalue weighted by Crippen LogP contribution is 1.52. The fraction of sp³-hybridized carbons (Fsp3) is 1.00. The predicted molar refractivity (Wildman–Crippen MR) is 40.3 cm³/mol. The van der Waals surface area contributed by atoms with Crippen LogP contribution >= 0.6 is 28.7 Å². The highest BCUT2D eigenvalue weighted by atomic mass is 32.7. The zero-order valence-corrected chi connectivity index (χ0v) is 6.57. The highest BCUT2D eigenvalue weighted by Gasteiger charge is 0.901. The minimum Gasteiger partial charge on any atom is -0.443 e. The molecule has 0 N–H and O–H groups in total. The Morgan fingerprint density at radius 2 is 1.80 bits per heavy atom. The maximum Gasteiger partial charge on any atom is -0.0215 e. The van der Waals surface area contributed by atoms with Crippen molar-refractivity contribution in [2.24, 2.45) is 0 Å². The van der Waals surface area contributed by atoms with Crippen LogP contribution in [0.1, 0.15) is 0 Å². The molecule has 0 nitrogen and oxygen atoms in total. The highest BCUT2D eigenvalue weighted by molar-refractivity contribution is 8.17. The SMILES string of the molecule is CS.[3H][S-](=P)=P. The van der Waals surface area contributed by atoms with Crippen LogP contribution in [0.3, 0.4) is 0 Å². The summed E-state index contributed by atoms with van der Waals surface area (Å²) in [5, 5.41) is 0. The third kappa shape index (κ3) is 34.2. The molecule has 0 rings (SSSR count). The van der Waals surface area contributed by atoms with Crippen LogP contribution < -0.4 is 0 Å². The number of hydrogen-bond acceptors (Lipinski definition) is 2. The molecule has 0 amide bonds. The Morgan fingerprint density at radius 1 is 1.80 bits per heavy atom. The molecule has 34 valence electrons. The van der Waals surface area contributed by atoms with E-state index in [9.17, 15) is 0 Å². The van der Waals surface area contributed by atoms with E-state index in [2.05, 4.69) is 28.7 Å². The summed E-state index contributed by atoms with van der Waals surface area (Å²) in [6.07, 6.45) is 1.69. The van der Waals surface area contributed by atoms with Crippen LogP contribution in [0.25, 0.3) is 0 Å². The van der Waals surface area contributed by atoms with Crippen LogP contribution in [0.5, 0.6) is 0 Å². The molecule has 0 aliphatic heterocycles. The van der Waals surface area contributed by atoms with Gasteiger partial charge in [0.1, 0.15) is 0 Å². The molecule has 4 heteroatoms. The zero-order chi connectivity index (χ0) is 5.58. The fourth-order valence-corrected chi connectivity index (χ4v) is 0. The van der Waals surface area contributed by atoms with Crippen molar-refractivity contribution in [1.82, 2.24) is 0 Å². The molecule has 0 saturated heterocycles. The van der Waals surface area contributed by atoms with Crippen LogP contribution in [-0.2, 0) is 10.0 Å². The van der Waals surface area contributed by atoms with Crippen molar-refractivity contribution in [2.75, 3.05) is 6.26 Å². The second-order valence-corrected chi connectivity index (χ2v) is 2.76. The molecule has 0 radical (unpaired) electrons. The van der Waals surface area contributed by atoms with Crippen molar-refractivity contribution < 1.29 is 0 Å². The summed E-state index contributed by atoms with van der Waals surface area (Å²) in [7, 11) is 5.34. The van der Waals surface area contributed by atoms with Crippen LogP contribution in [0.2, 0.25) is 0 Å². The van der Waals surface area contributed by atoms with E-state index in [4.69, 9.17) is 1.12 Å². The zero-order valence-electron chi connectivity index (χ0n) is 3.86. The monoisotopic (exact) mass is 147 g/mol. The van der Waals surface area contributed by atoms with Gasteiger partial charge >= 0.3 is 0 Å². The summed E-state index contributed by atoms with van der Waals surface area (Å²) < 4.78 is 6.44. The van der Waals surface area contributed by atoms with Crippen molar-refractivity contribution >= 4 is 38.7 Å². The lowest BCUT2D eigenvalue weighted by atomic mass is 12.0. The molecule has 0 heterocycles. The van der Waals surface area contributed by atoms with Gasteiger partial charge in [-0.3, -0.25) is 16.0 Å². The van der Waals surface area contributed by atoms with Crippen molar-refractivity contribution in [3.05, 3.63) is 0 Å². The van der Waals surface area contributed by atoms with Gasteiger partial charge in [-0.05, 0) is 6.26 Å². The molecule has 0 aliphatic rings. The van der Waals surface area contributed by atoms with Gasteiger partial charge in [0, 0.05) is 0 Å². The summed E-state index contributed by atoms with van der Waals surface area (Å²) in [6, 6.07) is 0. The molecular weight excluding hydrogens is 138 g/mol. The van der Waals surface area contributed by atoms with Crippen LogP contribution in [-0.4, -0.2) is 7.38 Å². The summed E-state index contributed by atoms with van der Waals surface area (Å²) in [4.78, 5) is 0. The van der Waals surface area contributed by atoms with Gasteiger partial charge in [-0.1, -0.05) is 0 Å². The lowest BCUT2D eigenvalue weighted by Gasteiger charge is -1.36. The first-order valence-electron chi connectivity index (χ1n) is 1.26. The first-order valence-corrected chi connectivity index (χ1v) is 5.02. The van der Waals surface area contributed by atoms with E-state index in [0.29, 0.717) is 0 Å². The standard InChI is InChI=1S/CH4S.H3P2S/c1-2;1-3-2/h2H,1H3;1-3H/q;-1/i;3T. The molecule has 0 aliphatic carbocycles. The van der Waals surface area contributed by atoms with Gasteiger partial charge in [-0.15, -0.1) is 1.12 Å². The molecule has 0 aromatic rings. The lowest BCUT2D eigenvalue weighted by molar-refractivity contribution is 2.55. The van der Waals surface area contributed by atoms with E-state index < -0.39 is 10.0 Å². The van der Waals surface area contributed by atoms with Crippen molar-refractivity contribution in [2.45, 2.75) is 0 Å². The third-order valence-corrected chi connectivity index (χ3v) is 0. The van der Waals surface area contributed by atoms with Gasteiger partial charge in [0.2, 0.25) is 0 Å². The molecule has 0 fully saturated rings. The summed E-state index contributed by atoms with van der Waals surface area (Å²) in [5.74, 6) is 0. The Bertz CT molecular complexity index is 59.9. The maximum absolute atomic E-state index is 6.44. The molecule has 0 aromatic heterocycles. The van der Waals surface area contributed by atoms with Gasteiger partial charge in [-0.25, -0.2) is 0 Å². The largest absolute Gasteiger partial charge is 0.443 e. The summed E-state index contributed by atoms with van der Waals surface area (Å²) in [5.41, 5.74) is 0. The van der Waals surface area contributed by atoms with E-state index in [1.54, 1.807) is 6.26 Å². The fourth-order valence-electron chi connectivity index (χ4n) is 0. The smallest absolute Gasteiger partial charge is 0.0215 e. The molecule has 0 atom stereocenters. The van der Waals surface area contributed by atoms with Crippen molar-refractivity contribution in [3.8, 4) is 0 Å². The van der Waals surface area contributed by atoms with Crippen molar-refractivity contribution in [3.63, 3.8) is 0 Å². The van der Waals surface area contributed by atoms with Crippen molar-refractivity contribution in [1.29, 1.82) is 1.12 Å². The lowest BCUT2D eigenvalue weighted by Crippen LogP contribution is -0.865. The van der Waals surface area contributed by atoms with E-state index in [1.165, 1.54) is 0 Å².